The first-order chi connectivity index (χ1) is 10.8. The van der Waals surface area contributed by atoms with Gasteiger partial charge < -0.3 is 4.74 Å². The first-order valence-electron chi connectivity index (χ1n) is 7.89. The number of hydrogen-bond donors (Lipinski definition) is 0. The van der Waals surface area contributed by atoms with Crippen LogP contribution in [0, 0.1) is 0 Å². The van der Waals surface area contributed by atoms with Crippen molar-refractivity contribution in [3.8, 4) is 0 Å². The highest BCUT2D eigenvalue weighted by Crippen LogP contribution is 2.25. The fourth-order valence-corrected chi connectivity index (χ4v) is 2.13. The largest absolute Gasteiger partial charge is 0.477 e. The van der Waals surface area contributed by atoms with Gasteiger partial charge in [-0.1, -0.05) is 19.9 Å². The summed E-state index contributed by atoms with van der Waals surface area (Å²) in [7, 11) is 0. The van der Waals surface area contributed by atoms with Gasteiger partial charge in [-0.25, -0.2) is 0 Å². The maximum absolute atomic E-state index is 12.6. The highest BCUT2D eigenvalue weighted by Gasteiger charge is 2.40. The molecular formula is C18H26N2O3. The Morgan fingerprint density at radius 3 is 2.52 bits per heavy atom. The Balaban J connectivity index is 0.00000127. The average Bonchev–Trinajstić information content (AvgIpc) is 2.55. The van der Waals surface area contributed by atoms with Crippen LogP contribution in [-0.2, 0) is 20.7 Å². The molecule has 0 radical (unpaired) electrons. The van der Waals surface area contributed by atoms with E-state index < -0.39 is 5.54 Å². The summed E-state index contributed by atoms with van der Waals surface area (Å²) in [5, 5.41) is 0. The number of amides is 1. The Bertz CT molecular complexity index is 592. The summed E-state index contributed by atoms with van der Waals surface area (Å²) in [5.74, 6) is 0.396. The monoisotopic (exact) mass is 318 g/mol. The summed E-state index contributed by atoms with van der Waals surface area (Å²) in [6.45, 7) is 11.1. The molecular weight excluding hydrogens is 292 g/mol. The zero-order valence-electron chi connectivity index (χ0n) is 14.8. The Morgan fingerprint density at radius 2 is 1.96 bits per heavy atom. The number of nitrogens with zero attached hydrogens (tertiary/aromatic N) is 2. The number of ether oxygens (including phenoxy) is 1. The molecule has 1 aliphatic rings. The van der Waals surface area contributed by atoms with Crippen molar-refractivity contribution >= 4 is 11.7 Å². The lowest BCUT2D eigenvalue weighted by Gasteiger charge is -2.39. The van der Waals surface area contributed by atoms with Crippen LogP contribution in [0.3, 0.4) is 0 Å². The number of rotatable bonds is 4. The quantitative estimate of drug-likeness (QED) is 0.856. The number of hydrogen-bond acceptors (Lipinski definition) is 4. The molecule has 2 rings (SSSR count). The SMILES string of the molecule is CC.CC1=C(C)C(=O)N(C(C)(C)C(=O)Cc2ccccn2)CO1. The zero-order chi connectivity index (χ0) is 17.6. The lowest BCUT2D eigenvalue weighted by atomic mass is 9.92. The van der Waals surface area contributed by atoms with Crippen LogP contribution in [0.5, 0.6) is 0 Å². The average molecular weight is 318 g/mol. The van der Waals surface area contributed by atoms with E-state index in [9.17, 15) is 9.59 Å². The third-order valence-electron chi connectivity index (χ3n) is 3.93. The van der Waals surface area contributed by atoms with Crippen LogP contribution in [0.15, 0.2) is 35.7 Å². The molecule has 0 N–H and O–H groups in total. The number of aromatic nitrogens is 1. The van der Waals surface area contributed by atoms with Crippen molar-refractivity contribution in [1.82, 2.24) is 9.88 Å². The minimum atomic E-state index is -0.934. The second kappa shape index (κ2) is 7.90. The van der Waals surface area contributed by atoms with Crippen molar-refractivity contribution in [2.24, 2.45) is 0 Å². The first-order valence-corrected chi connectivity index (χ1v) is 7.89. The van der Waals surface area contributed by atoms with E-state index in [0.717, 1.165) is 0 Å². The van der Waals surface area contributed by atoms with Gasteiger partial charge in [0, 0.05) is 11.9 Å². The van der Waals surface area contributed by atoms with Crippen LogP contribution in [0.1, 0.15) is 47.2 Å². The Morgan fingerprint density at radius 1 is 1.30 bits per heavy atom. The predicted molar refractivity (Wildman–Crippen MR) is 89.5 cm³/mol. The fraction of sp³-hybridized carbons (Fsp3) is 0.500. The molecule has 5 heteroatoms. The van der Waals surface area contributed by atoms with E-state index in [-0.39, 0.29) is 24.8 Å². The van der Waals surface area contributed by atoms with Gasteiger partial charge in [-0.15, -0.1) is 0 Å². The van der Waals surface area contributed by atoms with Crippen molar-refractivity contribution in [2.75, 3.05) is 6.73 Å². The summed E-state index contributed by atoms with van der Waals surface area (Å²) >= 11 is 0. The third-order valence-corrected chi connectivity index (χ3v) is 3.93. The molecule has 0 unspecified atom stereocenters. The molecule has 126 valence electrons. The van der Waals surface area contributed by atoms with E-state index >= 15 is 0 Å². The van der Waals surface area contributed by atoms with Gasteiger partial charge in [-0.2, -0.15) is 0 Å². The first kappa shape index (κ1) is 18.9. The van der Waals surface area contributed by atoms with Gasteiger partial charge in [0.2, 0.25) is 0 Å². The Labute approximate surface area is 138 Å². The minimum Gasteiger partial charge on any atom is -0.477 e. The molecule has 1 aromatic rings. The van der Waals surface area contributed by atoms with Gasteiger partial charge in [-0.3, -0.25) is 19.5 Å². The molecule has 23 heavy (non-hydrogen) atoms. The molecule has 1 aliphatic heterocycles. The molecule has 0 aromatic carbocycles. The molecule has 0 bridgehead atoms. The normalized spacial score (nSPS) is 14.9. The van der Waals surface area contributed by atoms with Crippen LogP contribution in [0.2, 0.25) is 0 Å². The maximum atomic E-state index is 12.6. The van der Waals surface area contributed by atoms with Gasteiger partial charge >= 0.3 is 0 Å². The summed E-state index contributed by atoms with van der Waals surface area (Å²) in [6.07, 6.45) is 1.85. The van der Waals surface area contributed by atoms with E-state index in [4.69, 9.17) is 4.74 Å². The number of carbonyl (C=O) groups excluding carboxylic acids is 2. The number of pyridine rings is 1. The van der Waals surface area contributed by atoms with Crippen LogP contribution >= 0.6 is 0 Å². The lowest BCUT2D eigenvalue weighted by Crippen LogP contribution is -2.56. The second-order valence-electron chi connectivity index (χ2n) is 5.67. The summed E-state index contributed by atoms with van der Waals surface area (Å²) in [6, 6.07) is 5.45. The zero-order valence-corrected chi connectivity index (χ0v) is 14.8. The molecule has 5 nitrogen and oxygen atoms in total. The summed E-state index contributed by atoms with van der Waals surface area (Å²) < 4.78 is 5.48. The number of allylic oxidation sites excluding steroid dienone is 1. The number of ketones is 1. The fourth-order valence-electron chi connectivity index (χ4n) is 2.13. The standard InChI is InChI=1S/C16H20N2O3.C2H6/c1-11-12(2)21-10-18(15(11)20)16(3,4)14(19)9-13-7-5-6-8-17-13;1-2/h5-8H,9-10H2,1-4H3;1-2H3. The third kappa shape index (κ3) is 4.18. The van der Waals surface area contributed by atoms with Gasteiger partial charge in [0.05, 0.1) is 17.5 Å². The molecule has 0 saturated heterocycles. The maximum Gasteiger partial charge on any atom is 0.256 e. The van der Waals surface area contributed by atoms with Crippen molar-refractivity contribution in [3.05, 3.63) is 41.4 Å². The van der Waals surface area contributed by atoms with Gasteiger partial charge in [0.25, 0.3) is 5.91 Å². The van der Waals surface area contributed by atoms with Crippen LogP contribution in [0.4, 0.5) is 0 Å². The Hall–Kier alpha value is -2.17. The van der Waals surface area contributed by atoms with Gasteiger partial charge in [0.15, 0.2) is 12.5 Å². The number of Topliss-reactive ketones (excluding diaryl/α,β-unsaturated/α-hetero) is 1. The van der Waals surface area contributed by atoms with E-state index in [2.05, 4.69) is 4.98 Å². The molecule has 1 amide bonds. The van der Waals surface area contributed by atoms with E-state index in [0.29, 0.717) is 17.0 Å². The van der Waals surface area contributed by atoms with Crippen LogP contribution in [-0.4, -0.2) is 33.8 Å². The van der Waals surface area contributed by atoms with Crippen molar-refractivity contribution in [3.63, 3.8) is 0 Å². The second-order valence-corrected chi connectivity index (χ2v) is 5.67. The molecule has 0 fully saturated rings. The highest BCUT2D eigenvalue weighted by atomic mass is 16.5. The summed E-state index contributed by atoms with van der Waals surface area (Å²) in [5.41, 5.74) is 0.306. The van der Waals surface area contributed by atoms with Crippen molar-refractivity contribution in [2.45, 2.75) is 53.5 Å². The van der Waals surface area contributed by atoms with E-state index in [1.807, 2.05) is 19.9 Å². The van der Waals surface area contributed by atoms with Crippen LogP contribution < -0.4 is 0 Å². The summed E-state index contributed by atoms with van der Waals surface area (Å²) in [4.78, 5) is 30.6. The minimum absolute atomic E-state index is 0.0643. The molecule has 2 heterocycles. The van der Waals surface area contributed by atoms with Gasteiger partial charge in [-0.05, 0) is 39.8 Å². The van der Waals surface area contributed by atoms with Gasteiger partial charge in [0.1, 0.15) is 5.76 Å². The van der Waals surface area contributed by atoms with E-state index in [1.165, 1.54) is 4.90 Å². The molecule has 0 spiro atoms. The van der Waals surface area contributed by atoms with Crippen LogP contribution in [0.25, 0.3) is 0 Å². The molecule has 1 aromatic heterocycles. The van der Waals surface area contributed by atoms with Crippen molar-refractivity contribution in [1.29, 1.82) is 0 Å². The highest BCUT2D eigenvalue weighted by molar-refractivity contribution is 5.99. The van der Waals surface area contributed by atoms with Crippen molar-refractivity contribution < 1.29 is 14.3 Å². The molecule has 0 saturated carbocycles. The molecule has 0 aliphatic carbocycles. The topological polar surface area (TPSA) is 59.5 Å². The molecule has 0 atom stereocenters. The predicted octanol–water partition coefficient (Wildman–Crippen LogP) is 3.11. The van der Waals surface area contributed by atoms with E-state index in [1.54, 1.807) is 46.0 Å². The smallest absolute Gasteiger partial charge is 0.256 e. The lowest BCUT2D eigenvalue weighted by molar-refractivity contribution is -0.150. The number of carbonyl (C=O) groups is 2. The Kier molecular flexibility index (Phi) is 6.49.